The Labute approximate surface area is 113 Å². The van der Waals surface area contributed by atoms with Crippen LogP contribution in [0.25, 0.3) is 5.69 Å². The molecule has 0 saturated carbocycles. The van der Waals surface area contributed by atoms with Gasteiger partial charge in [-0.2, -0.15) is 5.10 Å². The summed E-state index contributed by atoms with van der Waals surface area (Å²) in [5.74, 6) is -0.376. The molecule has 0 fully saturated rings. The van der Waals surface area contributed by atoms with Crippen LogP contribution >= 0.6 is 0 Å². The average molecular weight is 276 g/mol. The number of aliphatic hydroxyl groups is 1. The summed E-state index contributed by atoms with van der Waals surface area (Å²) >= 11 is 0. The third kappa shape index (κ3) is 2.50. The van der Waals surface area contributed by atoms with E-state index in [0.717, 1.165) is 0 Å². The Morgan fingerprint density at radius 2 is 2.25 bits per heavy atom. The number of carbonyl (C=O) groups is 1. The minimum atomic E-state index is -0.560. The maximum Gasteiger partial charge on any atom is 0.295 e. The summed E-state index contributed by atoms with van der Waals surface area (Å²) in [5, 5.41) is 26.5. The summed E-state index contributed by atoms with van der Waals surface area (Å²) in [6.45, 7) is -0.288. The first kappa shape index (κ1) is 13.7. The van der Waals surface area contributed by atoms with Gasteiger partial charge in [0.15, 0.2) is 5.69 Å². The number of carbonyl (C=O) groups excluding carboxylic acids is 1. The zero-order valence-corrected chi connectivity index (χ0v) is 10.6. The second-order valence-corrected chi connectivity index (χ2v) is 3.96. The Morgan fingerprint density at radius 1 is 1.50 bits per heavy atom. The first-order valence-electron chi connectivity index (χ1n) is 5.73. The topological polar surface area (TPSA) is 110 Å². The molecular formula is C12H12N4O4. The molecule has 0 aliphatic carbocycles. The Bertz CT molecular complexity index is 665. The third-order valence-corrected chi connectivity index (χ3v) is 2.71. The van der Waals surface area contributed by atoms with Crippen molar-refractivity contribution in [1.29, 1.82) is 0 Å². The van der Waals surface area contributed by atoms with Crippen molar-refractivity contribution in [2.45, 2.75) is 6.61 Å². The lowest BCUT2D eigenvalue weighted by atomic mass is 10.2. The van der Waals surface area contributed by atoms with Gasteiger partial charge in [0.25, 0.3) is 11.6 Å². The molecular weight excluding hydrogens is 264 g/mol. The molecule has 0 unspecified atom stereocenters. The van der Waals surface area contributed by atoms with Gasteiger partial charge in [-0.25, -0.2) is 4.68 Å². The summed E-state index contributed by atoms with van der Waals surface area (Å²) in [6, 6.07) is 5.77. The Balaban J connectivity index is 2.49. The molecule has 0 aliphatic heterocycles. The van der Waals surface area contributed by atoms with Crippen molar-refractivity contribution in [2.75, 3.05) is 7.05 Å². The number of nitro groups is 1. The molecule has 0 radical (unpaired) electrons. The van der Waals surface area contributed by atoms with Gasteiger partial charge in [-0.1, -0.05) is 6.07 Å². The monoisotopic (exact) mass is 276 g/mol. The van der Waals surface area contributed by atoms with Crippen LogP contribution in [0.15, 0.2) is 30.5 Å². The normalized spacial score (nSPS) is 10.3. The first-order valence-corrected chi connectivity index (χ1v) is 5.73. The highest BCUT2D eigenvalue weighted by Crippen LogP contribution is 2.24. The van der Waals surface area contributed by atoms with E-state index in [2.05, 4.69) is 10.4 Å². The van der Waals surface area contributed by atoms with E-state index < -0.39 is 4.92 Å². The quantitative estimate of drug-likeness (QED) is 0.628. The van der Waals surface area contributed by atoms with Gasteiger partial charge in [0.1, 0.15) is 5.69 Å². The maximum absolute atomic E-state index is 11.4. The molecule has 1 aromatic carbocycles. The molecule has 0 atom stereocenters. The van der Waals surface area contributed by atoms with Crippen LogP contribution in [-0.2, 0) is 6.61 Å². The summed E-state index contributed by atoms with van der Waals surface area (Å²) in [6.07, 6.45) is 1.46. The molecule has 8 nitrogen and oxygen atoms in total. The van der Waals surface area contributed by atoms with Crippen LogP contribution in [0.5, 0.6) is 0 Å². The first-order chi connectivity index (χ1) is 9.56. The summed E-state index contributed by atoms with van der Waals surface area (Å²) in [4.78, 5) is 21.9. The number of rotatable bonds is 4. The molecule has 20 heavy (non-hydrogen) atoms. The van der Waals surface area contributed by atoms with Crippen LogP contribution < -0.4 is 5.32 Å². The van der Waals surface area contributed by atoms with Gasteiger partial charge < -0.3 is 10.4 Å². The van der Waals surface area contributed by atoms with E-state index in [1.165, 1.54) is 36.1 Å². The van der Waals surface area contributed by atoms with Crippen molar-refractivity contribution in [2.24, 2.45) is 0 Å². The molecule has 2 N–H and O–H groups in total. The van der Waals surface area contributed by atoms with Gasteiger partial charge in [-0.3, -0.25) is 14.9 Å². The Kier molecular flexibility index (Phi) is 3.76. The van der Waals surface area contributed by atoms with Crippen molar-refractivity contribution in [3.8, 4) is 5.69 Å². The highest BCUT2D eigenvalue weighted by atomic mass is 16.6. The molecule has 1 heterocycles. The predicted octanol–water partition coefficient (Wildman–Crippen LogP) is 0.632. The zero-order valence-electron chi connectivity index (χ0n) is 10.6. The maximum atomic E-state index is 11.4. The number of nitrogens with zero attached hydrogens (tertiary/aromatic N) is 3. The number of benzene rings is 1. The molecule has 8 heteroatoms. The van der Waals surface area contributed by atoms with E-state index in [9.17, 15) is 14.9 Å². The van der Waals surface area contributed by atoms with Crippen molar-refractivity contribution in [3.63, 3.8) is 0 Å². The second kappa shape index (κ2) is 5.49. The average Bonchev–Trinajstić information content (AvgIpc) is 2.95. The minimum absolute atomic E-state index is 0.160. The molecule has 2 aromatic rings. The summed E-state index contributed by atoms with van der Waals surface area (Å²) in [5.41, 5.74) is 0.623. The highest BCUT2D eigenvalue weighted by molar-refractivity contribution is 5.91. The van der Waals surface area contributed by atoms with Crippen LogP contribution in [0.3, 0.4) is 0 Å². The summed E-state index contributed by atoms with van der Waals surface area (Å²) in [7, 11) is 1.47. The molecule has 0 spiro atoms. The lowest BCUT2D eigenvalue weighted by Crippen LogP contribution is -2.18. The van der Waals surface area contributed by atoms with Gasteiger partial charge in [-0.05, 0) is 17.7 Å². The molecule has 104 valence electrons. The molecule has 0 aliphatic rings. The largest absolute Gasteiger partial charge is 0.392 e. The van der Waals surface area contributed by atoms with Crippen LogP contribution in [0.2, 0.25) is 0 Å². The fourth-order valence-corrected chi connectivity index (χ4v) is 1.71. The zero-order chi connectivity index (χ0) is 14.7. The third-order valence-electron chi connectivity index (χ3n) is 2.71. The highest BCUT2D eigenvalue weighted by Gasteiger charge is 2.18. The number of aliphatic hydroxyl groups excluding tert-OH is 1. The number of aromatic nitrogens is 2. The molecule has 0 saturated heterocycles. The Morgan fingerprint density at radius 3 is 2.85 bits per heavy atom. The van der Waals surface area contributed by atoms with Crippen molar-refractivity contribution in [1.82, 2.24) is 15.1 Å². The van der Waals surface area contributed by atoms with E-state index in [1.807, 2.05) is 0 Å². The minimum Gasteiger partial charge on any atom is -0.392 e. The SMILES string of the molecule is CNC(=O)c1ccn(-c2ccc(CO)cc2[N+](=O)[O-])n1. The molecule has 2 rings (SSSR count). The van der Waals surface area contributed by atoms with Gasteiger partial charge in [0.2, 0.25) is 0 Å². The van der Waals surface area contributed by atoms with Crippen molar-refractivity contribution in [3.05, 3.63) is 51.8 Å². The predicted molar refractivity (Wildman–Crippen MR) is 69.5 cm³/mol. The van der Waals surface area contributed by atoms with Crippen LogP contribution in [0.4, 0.5) is 5.69 Å². The molecule has 1 aromatic heterocycles. The van der Waals surface area contributed by atoms with Gasteiger partial charge in [-0.15, -0.1) is 0 Å². The lowest BCUT2D eigenvalue weighted by molar-refractivity contribution is -0.384. The second-order valence-electron chi connectivity index (χ2n) is 3.96. The standard InChI is InChI=1S/C12H12N4O4/c1-13-12(18)9-4-5-15(14-9)10-3-2-8(7-17)6-11(10)16(19)20/h2-6,17H,7H2,1H3,(H,13,18). The molecule has 1 amide bonds. The lowest BCUT2D eigenvalue weighted by Gasteiger charge is -2.04. The van der Waals surface area contributed by atoms with Gasteiger partial charge >= 0.3 is 0 Å². The number of hydrogen-bond acceptors (Lipinski definition) is 5. The van der Waals surface area contributed by atoms with E-state index in [0.29, 0.717) is 5.56 Å². The van der Waals surface area contributed by atoms with E-state index in [-0.39, 0.29) is 29.6 Å². The fourth-order valence-electron chi connectivity index (χ4n) is 1.71. The summed E-state index contributed by atoms with van der Waals surface area (Å²) < 4.78 is 1.25. The fraction of sp³-hybridized carbons (Fsp3) is 0.167. The van der Waals surface area contributed by atoms with Crippen molar-refractivity contribution < 1.29 is 14.8 Å². The number of nitrogens with one attached hydrogen (secondary N) is 1. The van der Waals surface area contributed by atoms with Gasteiger partial charge in [0.05, 0.1) is 11.5 Å². The van der Waals surface area contributed by atoms with Crippen LogP contribution in [-0.4, -0.2) is 32.8 Å². The van der Waals surface area contributed by atoms with Crippen LogP contribution in [0, 0.1) is 10.1 Å². The van der Waals surface area contributed by atoms with Crippen LogP contribution in [0.1, 0.15) is 16.1 Å². The number of amides is 1. The van der Waals surface area contributed by atoms with Gasteiger partial charge in [0, 0.05) is 19.3 Å². The number of nitro benzene ring substituents is 1. The van der Waals surface area contributed by atoms with Crippen molar-refractivity contribution >= 4 is 11.6 Å². The number of hydrogen-bond donors (Lipinski definition) is 2. The van der Waals surface area contributed by atoms with E-state index in [1.54, 1.807) is 6.07 Å². The van der Waals surface area contributed by atoms with E-state index >= 15 is 0 Å². The van der Waals surface area contributed by atoms with E-state index in [4.69, 9.17) is 5.11 Å². The Hall–Kier alpha value is -2.74. The smallest absolute Gasteiger partial charge is 0.295 e. The molecule has 0 bridgehead atoms.